The van der Waals surface area contributed by atoms with Crippen LogP contribution in [0.15, 0.2) is 72.9 Å². The van der Waals surface area contributed by atoms with Gasteiger partial charge in [-0.05, 0) is 67.3 Å². The molecule has 0 bridgehead atoms. The van der Waals surface area contributed by atoms with E-state index in [1.807, 2.05) is 55.7 Å². The van der Waals surface area contributed by atoms with E-state index in [4.69, 9.17) is 5.11 Å². The first-order valence-electron chi connectivity index (χ1n) is 23.6. The van der Waals surface area contributed by atoms with Crippen molar-refractivity contribution < 1.29 is 52.2 Å². The minimum absolute atomic E-state index is 0.0152. The third-order valence-electron chi connectivity index (χ3n) is 11.5. The summed E-state index contributed by atoms with van der Waals surface area (Å²) in [7, 11) is 0. The molecular formula is C51H67F2N7O9S. The molecule has 0 aliphatic carbocycles. The van der Waals surface area contributed by atoms with Crippen LogP contribution in [0.25, 0.3) is 11.1 Å². The molecule has 5 N–H and O–H groups in total. The molecule has 16 nitrogen and oxygen atoms in total. The van der Waals surface area contributed by atoms with Crippen molar-refractivity contribution in [2.45, 2.75) is 111 Å². The number of nitrogens with zero attached hydrogens (tertiary/aromatic N) is 3. The maximum absolute atomic E-state index is 15.3. The van der Waals surface area contributed by atoms with Gasteiger partial charge in [0.25, 0.3) is 11.8 Å². The van der Waals surface area contributed by atoms with E-state index in [1.54, 1.807) is 31.0 Å². The number of hydrogen-bond donors (Lipinski definition) is 5. The van der Waals surface area contributed by atoms with Gasteiger partial charge in [-0.15, -0.1) is 0 Å². The summed E-state index contributed by atoms with van der Waals surface area (Å²) in [6, 6.07) is 12.0. The van der Waals surface area contributed by atoms with Crippen LogP contribution in [0.4, 0.5) is 8.78 Å². The van der Waals surface area contributed by atoms with Crippen LogP contribution in [0.3, 0.4) is 0 Å². The van der Waals surface area contributed by atoms with Crippen LogP contribution in [0.1, 0.15) is 104 Å². The smallest absolute Gasteiger partial charge is 0.305 e. The third kappa shape index (κ3) is 17.5. The van der Waals surface area contributed by atoms with Crippen molar-refractivity contribution in [3.63, 3.8) is 0 Å². The van der Waals surface area contributed by atoms with E-state index in [0.29, 0.717) is 37.1 Å². The molecule has 1 aromatic heterocycles. The van der Waals surface area contributed by atoms with Gasteiger partial charge in [-0.1, -0.05) is 71.4 Å². The number of hydrogen-bond acceptors (Lipinski definition) is 9. The number of imide groups is 1. The minimum atomic E-state index is -1.04. The number of rotatable bonds is 28. The fraction of sp³-hybridized carbons (Fsp3) is 0.490. The Labute approximate surface area is 412 Å². The van der Waals surface area contributed by atoms with Crippen LogP contribution in [0, 0.1) is 23.0 Å². The molecule has 1 unspecified atom stereocenters. The number of carbonyl (C=O) groups excluding carboxylic acids is 7. The quantitative estimate of drug-likeness (QED) is 0.0439. The Morgan fingerprint density at radius 1 is 0.786 bits per heavy atom. The van der Waals surface area contributed by atoms with Crippen LogP contribution >= 0.6 is 11.8 Å². The minimum Gasteiger partial charge on any atom is -0.481 e. The highest BCUT2D eigenvalue weighted by Crippen LogP contribution is 2.41. The molecule has 7 amide bonds. The summed E-state index contributed by atoms with van der Waals surface area (Å²) in [5, 5.41) is 19.8. The molecule has 0 saturated carbocycles. The van der Waals surface area contributed by atoms with E-state index in [2.05, 4.69) is 21.3 Å². The lowest BCUT2D eigenvalue weighted by Crippen LogP contribution is -2.54. The molecule has 70 heavy (non-hydrogen) atoms. The first-order chi connectivity index (χ1) is 33.2. The zero-order valence-electron chi connectivity index (χ0n) is 40.9. The van der Waals surface area contributed by atoms with Gasteiger partial charge in [0, 0.05) is 86.5 Å². The summed E-state index contributed by atoms with van der Waals surface area (Å²) in [6.07, 6.45) is 6.02. The predicted molar refractivity (Wildman–Crippen MR) is 263 cm³/mol. The number of carboxylic acids is 1. The summed E-state index contributed by atoms with van der Waals surface area (Å²) in [5.41, 5.74) is 1.41. The Kier molecular flexibility index (Phi) is 21.8. The lowest BCUT2D eigenvalue weighted by atomic mass is 9.83. The van der Waals surface area contributed by atoms with Crippen LogP contribution in [-0.2, 0) is 44.9 Å². The number of unbranched alkanes of at least 4 members (excludes halogenated alkanes) is 2. The Morgan fingerprint density at radius 3 is 2.14 bits per heavy atom. The van der Waals surface area contributed by atoms with Crippen molar-refractivity contribution in [2.75, 3.05) is 37.7 Å². The van der Waals surface area contributed by atoms with E-state index in [-0.39, 0.29) is 104 Å². The van der Waals surface area contributed by atoms with Gasteiger partial charge < -0.3 is 35.8 Å². The molecule has 0 radical (unpaired) electrons. The molecule has 2 aromatic carbocycles. The van der Waals surface area contributed by atoms with Crippen molar-refractivity contribution in [3.05, 3.63) is 95.8 Å². The standard InChI is InChI=1S/C51H67F2N7O9S/c1-33(2)47(57-42(62)16-11-8-12-25-59-43(63)19-20-44(59)64)50(69)56-34(3)49(68)55-23-13-26-60(45(65)32-70-27-22-41(61)54-24-21-46(66)67)48(51(4,5)6)40-28-36(38-29-37(52)17-18-39(38)53)31-58(40)30-35-14-9-7-10-15-35/h7,9-10,14-15,17-20,28-29,31,33-34,47-48H,8,11-13,16,21-27,30,32H2,1-6H3,(H,54,61)(H,55,68)(H,56,69)(H,57,62)(H,66,67)/t34-,47?,48-/m0/s1. The number of benzene rings is 2. The van der Waals surface area contributed by atoms with Gasteiger partial charge in [-0.3, -0.25) is 43.3 Å². The van der Waals surface area contributed by atoms with Gasteiger partial charge in [-0.25, -0.2) is 8.78 Å². The Morgan fingerprint density at radius 2 is 1.49 bits per heavy atom. The van der Waals surface area contributed by atoms with E-state index in [1.165, 1.54) is 30.8 Å². The zero-order valence-corrected chi connectivity index (χ0v) is 41.7. The molecule has 0 saturated heterocycles. The number of nitrogens with one attached hydrogen (secondary N) is 4. The fourth-order valence-corrected chi connectivity index (χ4v) is 8.78. The van der Waals surface area contributed by atoms with Crippen molar-refractivity contribution in [1.82, 2.24) is 35.6 Å². The summed E-state index contributed by atoms with van der Waals surface area (Å²) in [6.45, 7) is 11.8. The molecule has 19 heteroatoms. The van der Waals surface area contributed by atoms with Gasteiger partial charge >= 0.3 is 5.97 Å². The van der Waals surface area contributed by atoms with Crippen molar-refractivity contribution >= 4 is 59.1 Å². The van der Waals surface area contributed by atoms with Gasteiger partial charge in [0.15, 0.2) is 0 Å². The summed E-state index contributed by atoms with van der Waals surface area (Å²) in [4.78, 5) is 104. The molecule has 1 aliphatic heterocycles. The lowest BCUT2D eigenvalue weighted by molar-refractivity contribution is -0.138. The second-order valence-corrected chi connectivity index (χ2v) is 19.8. The number of aliphatic carboxylic acids is 1. The van der Waals surface area contributed by atoms with Gasteiger partial charge in [0.1, 0.15) is 23.7 Å². The lowest BCUT2D eigenvalue weighted by Gasteiger charge is -2.41. The van der Waals surface area contributed by atoms with Crippen LogP contribution in [0.5, 0.6) is 0 Å². The number of carbonyl (C=O) groups is 8. The van der Waals surface area contributed by atoms with Crippen molar-refractivity contribution in [1.29, 1.82) is 0 Å². The monoisotopic (exact) mass is 991 g/mol. The first-order valence-corrected chi connectivity index (χ1v) is 24.8. The average molecular weight is 992 g/mol. The van der Waals surface area contributed by atoms with Crippen LogP contribution < -0.4 is 21.3 Å². The van der Waals surface area contributed by atoms with Crippen molar-refractivity contribution in [3.8, 4) is 11.1 Å². The van der Waals surface area contributed by atoms with Crippen LogP contribution in [0.2, 0.25) is 0 Å². The summed E-state index contributed by atoms with van der Waals surface area (Å²) < 4.78 is 31.8. The van der Waals surface area contributed by atoms with E-state index >= 15 is 4.39 Å². The Hall–Kier alpha value is -6.37. The van der Waals surface area contributed by atoms with Gasteiger partial charge in [0.2, 0.25) is 29.5 Å². The maximum Gasteiger partial charge on any atom is 0.305 e. The summed E-state index contributed by atoms with van der Waals surface area (Å²) in [5.74, 6) is -5.05. The average Bonchev–Trinajstić information content (AvgIpc) is 3.85. The molecular weight excluding hydrogens is 925 g/mol. The van der Waals surface area contributed by atoms with E-state index < -0.39 is 53.0 Å². The maximum atomic E-state index is 15.3. The number of aromatic nitrogens is 1. The topological polar surface area (TPSA) is 216 Å². The molecule has 4 rings (SSSR count). The molecule has 3 atom stereocenters. The SMILES string of the molecule is CC(C)C(NC(=O)CCCCCN1C(=O)C=CC1=O)C(=O)N[C@@H](C)C(=O)NCCCN(C(=O)CSCCC(=O)NCCC(=O)O)[C@@H](c1cc(-c2cc(F)ccc2F)cn1Cc1ccccc1)C(C)(C)C. The fourth-order valence-electron chi connectivity index (χ4n) is 7.96. The van der Waals surface area contributed by atoms with E-state index in [9.17, 15) is 42.7 Å². The normalized spacial score (nSPS) is 13.8. The number of carboxylic acid groups (broad SMARTS) is 1. The molecule has 0 spiro atoms. The Bertz CT molecular complexity index is 2330. The highest BCUT2D eigenvalue weighted by atomic mass is 32.2. The predicted octanol–water partition coefficient (Wildman–Crippen LogP) is 5.75. The first kappa shape index (κ1) is 56.2. The number of thioether (sulfide) groups is 1. The van der Waals surface area contributed by atoms with Gasteiger partial charge in [0.05, 0.1) is 18.2 Å². The molecule has 0 fully saturated rings. The summed E-state index contributed by atoms with van der Waals surface area (Å²) >= 11 is 1.24. The van der Waals surface area contributed by atoms with E-state index in [0.717, 1.165) is 28.7 Å². The second kappa shape index (κ2) is 27.1. The molecule has 2 heterocycles. The highest BCUT2D eigenvalue weighted by Gasteiger charge is 2.37. The third-order valence-corrected chi connectivity index (χ3v) is 12.5. The molecule has 3 aromatic rings. The van der Waals surface area contributed by atoms with Crippen LogP contribution in [-0.4, -0.2) is 117 Å². The number of halogens is 2. The van der Waals surface area contributed by atoms with Crippen molar-refractivity contribution in [2.24, 2.45) is 11.3 Å². The molecule has 1 aliphatic rings. The largest absolute Gasteiger partial charge is 0.481 e. The molecule has 380 valence electrons. The number of amides is 7. The highest BCUT2D eigenvalue weighted by molar-refractivity contribution is 7.99. The second-order valence-electron chi connectivity index (χ2n) is 18.7. The van der Waals surface area contributed by atoms with Gasteiger partial charge in [-0.2, -0.15) is 11.8 Å². The Balaban J connectivity index is 1.46. The zero-order chi connectivity index (χ0) is 51.5.